The van der Waals surface area contributed by atoms with Gasteiger partial charge in [0.2, 0.25) is 6.79 Å². The number of hydrogen-bond acceptors (Lipinski definition) is 5. The average Bonchev–Trinajstić information content (AvgIpc) is 3.30. The van der Waals surface area contributed by atoms with Crippen LogP contribution in [0.5, 0.6) is 11.5 Å². The number of nitrogens with zero attached hydrogens (tertiary/aromatic N) is 1. The van der Waals surface area contributed by atoms with Gasteiger partial charge in [-0.3, -0.25) is 4.79 Å². The van der Waals surface area contributed by atoms with Crippen LogP contribution in [0, 0.1) is 0 Å². The topological polar surface area (TPSA) is 73.1 Å². The van der Waals surface area contributed by atoms with E-state index in [4.69, 9.17) is 37.1 Å². The fraction of sp³-hybridized carbons (Fsp3) is 0.0526. The van der Waals surface area contributed by atoms with Crippen LogP contribution in [0.25, 0.3) is 11.3 Å². The number of nitrogens with one attached hydrogen (secondary N) is 1. The number of furan rings is 1. The van der Waals surface area contributed by atoms with Gasteiger partial charge in [0, 0.05) is 16.1 Å². The first-order chi connectivity index (χ1) is 13.1. The number of halogens is 2. The van der Waals surface area contributed by atoms with Crippen molar-refractivity contribution in [2.75, 3.05) is 6.79 Å². The van der Waals surface area contributed by atoms with Gasteiger partial charge in [0.15, 0.2) is 11.5 Å². The molecule has 0 radical (unpaired) electrons. The standard InChI is InChI=1S/C19H12Cl2N2O4/c20-12-2-4-14(15(21)8-12)16-6-3-13(27-16)9-22-23-19(24)11-1-5-17-18(7-11)26-10-25-17/h1-9H,10H2,(H,23,24). The summed E-state index contributed by atoms with van der Waals surface area (Å²) in [5.74, 6) is 1.79. The van der Waals surface area contributed by atoms with Crippen LogP contribution in [0.2, 0.25) is 10.0 Å². The molecule has 1 aromatic heterocycles. The van der Waals surface area contributed by atoms with Crippen molar-refractivity contribution in [3.05, 3.63) is 69.9 Å². The maximum absolute atomic E-state index is 12.2. The molecule has 136 valence electrons. The summed E-state index contributed by atoms with van der Waals surface area (Å²) >= 11 is 12.1. The second-order valence-electron chi connectivity index (χ2n) is 5.59. The fourth-order valence-corrected chi connectivity index (χ4v) is 3.01. The Bertz CT molecular complexity index is 1050. The number of amides is 1. The third-order valence-corrected chi connectivity index (χ3v) is 4.36. The highest BCUT2D eigenvalue weighted by Crippen LogP contribution is 2.33. The summed E-state index contributed by atoms with van der Waals surface area (Å²) in [4.78, 5) is 12.2. The van der Waals surface area contributed by atoms with Crippen molar-refractivity contribution in [2.45, 2.75) is 0 Å². The molecule has 0 saturated carbocycles. The van der Waals surface area contributed by atoms with Gasteiger partial charge in [0.1, 0.15) is 11.5 Å². The van der Waals surface area contributed by atoms with Crippen molar-refractivity contribution in [1.82, 2.24) is 5.43 Å². The van der Waals surface area contributed by atoms with E-state index in [0.717, 1.165) is 0 Å². The Hall–Kier alpha value is -2.96. The molecule has 0 unspecified atom stereocenters. The minimum atomic E-state index is -0.378. The van der Waals surface area contributed by atoms with E-state index in [-0.39, 0.29) is 12.7 Å². The fourth-order valence-electron chi connectivity index (χ4n) is 2.51. The van der Waals surface area contributed by atoms with Gasteiger partial charge in [-0.05, 0) is 48.5 Å². The number of hydrogen-bond donors (Lipinski definition) is 1. The van der Waals surface area contributed by atoms with E-state index in [9.17, 15) is 4.79 Å². The third-order valence-electron chi connectivity index (χ3n) is 3.82. The Morgan fingerprint density at radius 1 is 1.04 bits per heavy atom. The van der Waals surface area contributed by atoms with Gasteiger partial charge in [-0.2, -0.15) is 5.10 Å². The zero-order chi connectivity index (χ0) is 18.8. The minimum absolute atomic E-state index is 0.150. The summed E-state index contributed by atoms with van der Waals surface area (Å²) in [5.41, 5.74) is 3.56. The summed E-state index contributed by atoms with van der Waals surface area (Å²) in [6.45, 7) is 0.150. The molecule has 2 heterocycles. The number of carbonyl (C=O) groups is 1. The van der Waals surface area contributed by atoms with E-state index >= 15 is 0 Å². The largest absolute Gasteiger partial charge is 0.455 e. The summed E-state index contributed by atoms with van der Waals surface area (Å²) in [5, 5.41) is 4.94. The highest BCUT2D eigenvalue weighted by Gasteiger charge is 2.16. The van der Waals surface area contributed by atoms with Gasteiger partial charge >= 0.3 is 0 Å². The first-order valence-electron chi connectivity index (χ1n) is 7.88. The lowest BCUT2D eigenvalue weighted by Gasteiger charge is -2.01. The van der Waals surface area contributed by atoms with Crippen molar-refractivity contribution >= 4 is 35.3 Å². The molecule has 1 N–H and O–H groups in total. The van der Waals surface area contributed by atoms with Crippen LogP contribution in [-0.2, 0) is 0 Å². The molecule has 1 amide bonds. The molecule has 0 aliphatic carbocycles. The van der Waals surface area contributed by atoms with Crippen LogP contribution in [0.4, 0.5) is 0 Å². The zero-order valence-electron chi connectivity index (χ0n) is 13.7. The van der Waals surface area contributed by atoms with E-state index in [0.29, 0.717) is 44.2 Å². The number of rotatable bonds is 4. The Balaban J connectivity index is 1.43. The van der Waals surface area contributed by atoms with Crippen LogP contribution >= 0.6 is 23.2 Å². The monoisotopic (exact) mass is 402 g/mol. The first kappa shape index (κ1) is 17.5. The van der Waals surface area contributed by atoms with Crippen LogP contribution in [0.15, 0.2) is 58.0 Å². The highest BCUT2D eigenvalue weighted by atomic mass is 35.5. The predicted octanol–water partition coefficient (Wildman–Crippen LogP) is 4.75. The quantitative estimate of drug-likeness (QED) is 0.504. The van der Waals surface area contributed by atoms with Gasteiger partial charge < -0.3 is 13.9 Å². The molecule has 4 rings (SSSR count). The molecule has 27 heavy (non-hydrogen) atoms. The van der Waals surface area contributed by atoms with E-state index in [1.54, 1.807) is 48.5 Å². The van der Waals surface area contributed by atoms with E-state index in [1.807, 2.05) is 0 Å². The van der Waals surface area contributed by atoms with Crippen LogP contribution < -0.4 is 14.9 Å². The number of carbonyl (C=O) groups excluding carboxylic acids is 1. The summed E-state index contributed by atoms with van der Waals surface area (Å²) in [7, 11) is 0. The van der Waals surface area contributed by atoms with E-state index < -0.39 is 0 Å². The lowest BCUT2D eigenvalue weighted by atomic mass is 10.2. The van der Waals surface area contributed by atoms with Gasteiger partial charge in [-0.1, -0.05) is 23.2 Å². The average molecular weight is 403 g/mol. The predicted molar refractivity (Wildman–Crippen MR) is 102 cm³/mol. The summed E-state index contributed by atoms with van der Waals surface area (Å²) in [6, 6.07) is 13.5. The maximum atomic E-state index is 12.2. The maximum Gasteiger partial charge on any atom is 0.271 e. The number of ether oxygens (including phenoxy) is 2. The second-order valence-corrected chi connectivity index (χ2v) is 6.44. The molecule has 6 nitrogen and oxygen atoms in total. The van der Waals surface area contributed by atoms with Gasteiger partial charge in [0.25, 0.3) is 5.91 Å². The molecule has 1 aliphatic heterocycles. The number of fused-ring (bicyclic) bond motifs is 1. The lowest BCUT2D eigenvalue weighted by molar-refractivity contribution is 0.0954. The Morgan fingerprint density at radius 3 is 2.74 bits per heavy atom. The summed E-state index contributed by atoms with van der Waals surface area (Å²) < 4.78 is 16.1. The Labute approximate surface area is 164 Å². The molecule has 2 aromatic carbocycles. The van der Waals surface area contributed by atoms with Gasteiger partial charge in [-0.15, -0.1) is 0 Å². The second kappa shape index (κ2) is 7.34. The number of hydrazone groups is 1. The zero-order valence-corrected chi connectivity index (χ0v) is 15.3. The SMILES string of the molecule is O=C(NN=Cc1ccc(-c2ccc(Cl)cc2Cl)o1)c1ccc2c(c1)OCO2. The van der Waals surface area contributed by atoms with E-state index in [1.165, 1.54) is 6.21 Å². The third kappa shape index (κ3) is 3.77. The van der Waals surface area contributed by atoms with Crippen molar-refractivity contribution in [1.29, 1.82) is 0 Å². The molecular weight excluding hydrogens is 391 g/mol. The van der Waals surface area contributed by atoms with Crippen LogP contribution in [0.1, 0.15) is 16.1 Å². The van der Waals surface area contributed by atoms with Crippen LogP contribution in [-0.4, -0.2) is 18.9 Å². The summed E-state index contributed by atoms with van der Waals surface area (Å²) in [6.07, 6.45) is 1.40. The molecule has 8 heteroatoms. The molecule has 0 spiro atoms. The normalized spacial score (nSPS) is 12.5. The smallest absolute Gasteiger partial charge is 0.271 e. The van der Waals surface area contributed by atoms with Crippen molar-refractivity contribution in [3.63, 3.8) is 0 Å². The molecule has 0 saturated heterocycles. The van der Waals surface area contributed by atoms with Crippen molar-refractivity contribution in [3.8, 4) is 22.8 Å². The number of benzene rings is 2. The lowest BCUT2D eigenvalue weighted by Crippen LogP contribution is -2.17. The van der Waals surface area contributed by atoms with E-state index in [2.05, 4.69) is 10.5 Å². The minimum Gasteiger partial charge on any atom is -0.455 e. The molecular formula is C19H12Cl2N2O4. The van der Waals surface area contributed by atoms with Gasteiger partial charge in [0.05, 0.1) is 11.2 Å². The Morgan fingerprint density at radius 2 is 1.89 bits per heavy atom. The van der Waals surface area contributed by atoms with Crippen LogP contribution in [0.3, 0.4) is 0 Å². The molecule has 0 bridgehead atoms. The van der Waals surface area contributed by atoms with Crippen molar-refractivity contribution < 1.29 is 18.7 Å². The van der Waals surface area contributed by atoms with Crippen molar-refractivity contribution in [2.24, 2.45) is 5.10 Å². The molecule has 1 aliphatic rings. The molecule has 0 atom stereocenters. The van der Waals surface area contributed by atoms with Gasteiger partial charge in [-0.25, -0.2) is 5.43 Å². The molecule has 0 fully saturated rings. The highest BCUT2D eigenvalue weighted by molar-refractivity contribution is 6.36. The molecule has 3 aromatic rings. The first-order valence-corrected chi connectivity index (χ1v) is 8.64. The Kier molecular flexibility index (Phi) is 4.75.